The highest BCUT2D eigenvalue weighted by molar-refractivity contribution is 7.90. The number of anilines is 2. The number of nitrogens with zero attached hydrogens (tertiary/aromatic N) is 2. The minimum Gasteiger partial charge on any atom is -0.309 e. The quantitative estimate of drug-likeness (QED) is 0.659. The maximum absolute atomic E-state index is 12.5. The van der Waals surface area contributed by atoms with Crippen LogP contribution in [0, 0.1) is 0 Å². The van der Waals surface area contributed by atoms with Crippen LogP contribution in [0.5, 0.6) is 0 Å². The van der Waals surface area contributed by atoms with Crippen molar-refractivity contribution in [2.45, 2.75) is 51.5 Å². The summed E-state index contributed by atoms with van der Waals surface area (Å²) in [5.41, 5.74) is 2.41. The number of rotatable bonds is 6. The van der Waals surface area contributed by atoms with Gasteiger partial charge in [0.05, 0.1) is 0 Å². The minimum absolute atomic E-state index is 0.105. The lowest BCUT2D eigenvalue weighted by Crippen LogP contribution is -2.35. The van der Waals surface area contributed by atoms with Crippen LogP contribution < -0.4 is 15.4 Å². The van der Waals surface area contributed by atoms with Crippen LogP contribution in [0.4, 0.5) is 16.3 Å². The molecule has 3 N–H and O–H groups in total. The number of nitrogens with one attached hydrogen (secondary N) is 3. The first-order chi connectivity index (χ1) is 13.5. The molecule has 0 radical (unpaired) electrons. The Hall–Kier alpha value is -3.01. The maximum atomic E-state index is 12.5. The van der Waals surface area contributed by atoms with Gasteiger partial charge < -0.3 is 10.6 Å². The second-order valence-electron chi connectivity index (χ2n) is 7.12. The Balaban J connectivity index is 2.23. The topological polar surface area (TPSA) is 130 Å². The molecule has 10 heteroatoms. The van der Waals surface area contributed by atoms with E-state index >= 15 is 0 Å². The highest BCUT2D eigenvalue weighted by Crippen LogP contribution is 2.32. The van der Waals surface area contributed by atoms with Gasteiger partial charge in [-0.2, -0.15) is 8.42 Å². The van der Waals surface area contributed by atoms with Crippen molar-refractivity contribution in [3.63, 3.8) is 0 Å². The Morgan fingerprint density at radius 2 is 1.48 bits per heavy atom. The minimum atomic E-state index is -4.24. The van der Waals surface area contributed by atoms with E-state index in [0.29, 0.717) is 5.69 Å². The van der Waals surface area contributed by atoms with E-state index in [1.165, 1.54) is 13.0 Å². The molecule has 0 unspecified atom stereocenters. The van der Waals surface area contributed by atoms with Gasteiger partial charge in [-0.1, -0.05) is 45.9 Å². The average Bonchev–Trinajstić information content (AvgIpc) is 2.60. The zero-order valence-electron chi connectivity index (χ0n) is 17.0. The van der Waals surface area contributed by atoms with Crippen molar-refractivity contribution in [2.75, 3.05) is 10.6 Å². The summed E-state index contributed by atoms with van der Waals surface area (Å²) < 4.78 is 26.8. The van der Waals surface area contributed by atoms with Crippen molar-refractivity contribution < 1.29 is 18.0 Å². The lowest BCUT2D eigenvalue weighted by Gasteiger charge is -2.20. The molecule has 0 atom stereocenters. The number of amides is 3. The Morgan fingerprint density at radius 1 is 0.897 bits per heavy atom. The Labute approximate surface area is 170 Å². The van der Waals surface area contributed by atoms with E-state index in [-0.39, 0.29) is 23.6 Å². The Bertz CT molecular complexity index is 976. The number of carbonyl (C=O) groups excluding carboxylic acids is 2. The average molecular weight is 420 g/mol. The Kier molecular flexibility index (Phi) is 6.91. The van der Waals surface area contributed by atoms with Gasteiger partial charge in [-0.25, -0.2) is 9.52 Å². The number of aromatic nitrogens is 2. The van der Waals surface area contributed by atoms with Crippen molar-refractivity contribution in [3.8, 4) is 0 Å². The molecule has 1 aromatic heterocycles. The number of benzene rings is 1. The number of hydrogen-bond donors (Lipinski definition) is 3. The molecule has 1 heterocycles. The van der Waals surface area contributed by atoms with Gasteiger partial charge in [0.1, 0.15) is 0 Å². The van der Waals surface area contributed by atoms with Gasteiger partial charge in [0, 0.05) is 12.6 Å². The summed E-state index contributed by atoms with van der Waals surface area (Å²) in [7, 11) is -4.24. The normalized spacial score (nSPS) is 11.4. The van der Waals surface area contributed by atoms with Crippen LogP contribution in [0.15, 0.2) is 35.4 Å². The summed E-state index contributed by atoms with van der Waals surface area (Å²) in [4.78, 5) is 23.5. The number of hydrogen-bond acceptors (Lipinski definition) is 6. The predicted octanol–water partition coefficient (Wildman–Crippen LogP) is 3.19. The zero-order valence-corrected chi connectivity index (χ0v) is 17.8. The van der Waals surface area contributed by atoms with Gasteiger partial charge in [-0.05, 0) is 35.1 Å². The fourth-order valence-electron chi connectivity index (χ4n) is 2.72. The van der Waals surface area contributed by atoms with E-state index in [4.69, 9.17) is 0 Å². The van der Waals surface area contributed by atoms with Crippen LogP contribution in [-0.2, 0) is 14.8 Å². The second kappa shape index (κ2) is 8.99. The second-order valence-corrected chi connectivity index (χ2v) is 8.75. The maximum Gasteiger partial charge on any atom is 0.333 e. The van der Waals surface area contributed by atoms with Gasteiger partial charge in [0.15, 0.2) is 10.8 Å². The third-order valence-electron chi connectivity index (χ3n) is 4.06. The van der Waals surface area contributed by atoms with Crippen LogP contribution in [-0.4, -0.2) is 30.6 Å². The van der Waals surface area contributed by atoms with Crippen LogP contribution in [0.3, 0.4) is 0 Å². The molecular weight excluding hydrogens is 394 g/mol. The number of para-hydroxylation sites is 1. The SMILES string of the molecule is CC(=O)Nc1ccc(S(=O)(=O)NC(=O)Nc2c(C(C)C)cccc2C(C)C)nn1. The molecule has 0 saturated heterocycles. The van der Waals surface area contributed by atoms with Crippen molar-refractivity contribution in [1.29, 1.82) is 0 Å². The highest BCUT2D eigenvalue weighted by Gasteiger charge is 2.22. The van der Waals surface area contributed by atoms with Crippen molar-refractivity contribution in [2.24, 2.45) is 0 Å². The molecule has 0 aliphatic rings. The summed E-state index contributed by atoms with van der Waals surface area (Å²) >= 11 is 0. The molecule has 29 heavy (non-hydrogen) atoms. The van der Waals surface area contributed by atoms with E-state index in [2.05, 4.69) is 20.8 Å². The molecule has 3 amide bonds. The fourth-order valence-corrected chi connectivity index (χ4v) is 3.51. The van der Waals surface area contributed by atoms with Crippen LogP contribution in [0.2, 0.25) is 0 Å². The molecule has 2 rings (SSSR count). The summed E-state index contributed by atoms with van der Waals surface area (Å²) in [6, 6.07) is 7.24. The third-order valence-corrected chi connectivity index (χ3v) is 5.28. The summed E-state index contributed by atoms with van der Waals surface area (Å²) in [6.45, 7) is 9.26. The van der Waals surface area contributed by atoms with E-state index in [1.807, 2.05) is 50.6 Å². The first-order valence-corrected chi connectivity index (χ1v) is 10.6. The number of sulfonamides is 1. The van der Waals surface area contributed by atoms with Crippen molar-refractivity contribution >= 4 is 33.5 Å². The summed E-state index contributed by atoms with van der Waals surface area (Å²) in [5, 5.41) is 11.8. The largest absolute Gasteiger partial charge is 0.333 e. The lowest BCUT2D eigenvalue weighted by atomic mass is 9.93. The smallest absolute Gasteiger partial charge is 0.309 e. The van der Waals surface area contributed by atoms with E-state index in [9.17, 15) is 18.0 Å². The standard InChI is InChI=1S/C19H25N5O4S/c1-11(2)14-7-6-8-15(12(3)4)18(14)21-19(26)24-29(27,28)17-10-9-16(22-23-17)20-13(5)25/h6-12H,1-5H3,(H,20,22,25)(H2,21,24,26). The molecule has 0 aliphatic carbocycles. The van der Waals surface area contributed by atoms with Gasteiger partial charge >= 0.3 is 6.03 Å². The predicted molar refractivity (Wildman–Crippen MR) is 110 cm³/mol. The molecule has 0 spiro atoms. The van der Waals surface area contributed by atoms with Gasteiger partial charge in [-0.15, -0.1) is 10.2 Å². The van der Waals surface area contributed by atoms with Gasteiger partial charge in [0.2, 0.25) is 5.91 Å². The van der Waals surface area contributed by atoms with Crippen molar-refractivity contribution in [3.05, 3.63) is 41.5 Å². The highest BCUT2D eigenvalue weighted by atomic mass is 32.2. The lowest BCUT2D eigenvalue weighted by molar-refractivity contribution is -0.114. The summed E-state index contributed by atoms with van der Waals surface area (Å²) in [6.07, 6.45) is 0. The number of urea groups is 1. The molecule has 0 fully saturated rings. The zero-order chi connectivity index (χ0) is 21.8. The van der Waals surface area contributed by atoms with Crippen molar-refractivity contribution in [1.82, 2.24) is 14.9 Å². The molecule has 0 aliphatic heterocycles. The molecule has 0 bridgehead atoms. The van der Waals surface area contributed by atoms with Gasteiger partial charge in [-0.3, -0.25) is 4.79 Å². The van der Waals surface area contributed by atoms with E-state index < -0.39 is 21.1 Å². The third kappa shape index (κ3) is 5.74. The molecule has 156 valence electrons. The monoisotopic (exact) mass is 419 g/mol. The van der Waals surface area contributed by atoms with E-state index in [0.717, 1.165) is 17.2 Å². The molecule has 0 saturated carbocycles. The van der Waals surface area contributed by atoms with Gasteiger partial charge in [0.25, 0.3) is 10.0 Å². The van der Waals surface area contributed by atoms with Crippen LogP contribution in [0.1, 0.15) is 57.6 Å². The van der Waals surface area contributed by atoms with E-state index in [1.54, 1.807) is 0 Å². The molecule has 9 nitrogen and oxygen atoms in total. The first kappa shape index (κ1) is 22.3. The van der Waals surface area contributed by atoms with Crippen LogP contribution >= 0.6 is 0 Å². The summed E-state index contributed by atoms with van der Waals surface area (Å²) in [5.74, 6) is 0.00566. The first-order valence-electron chi connectivity index (χ1n) is 9.09. The Morgan fingerprint density at radius 3 is 1.93 bits per heavy atom. The fraction of sp³-hybridized carbons (Fsp3) is 0.368. The van der Waals surface area contributed by atoms with Crippen LogP contribution in [0.25, 0.3) is 0 Å². The molecule has 1 aromatic carbocycles. The molecule has 2 aromatic rings. The molecular formula is C19H25N5O4S. The number of carbonyl (C=O) groups is 2.